The number of halogens is 1. The van der Waals surface area contributed by atoms with E-state index in [0.717, 1.165) is 25.8 Å². The van der Waals surface area contributed by atoms with Crippen molar-refractivity contribution < 1.29 is 18.4 Å². The molecule has 6 nitrogen and oxygen atoms in total. The topological polar surface area (TPSA) is 68.5 Å². The number of hydrogen-bond donors (Lipinski definition) is 0. The first-order valence-corrected chi connectivity index (χ1v) is 8.64. The third kappa shape index (κ3) is 4.55. The Bertz CT molecular complexity index is 719. The fourth-order valence-electron chi connectivity index (χ4n) is 2.97. The molecule has 1 aliphatic rings. The molecule has 1 aromatic carbocycles. The maximum atomic E-state index is 13.1. The highest BCUT2D eigenvalue weighted by Gasteiger charge is 2.28. The summed E-state index contributed by atoms with van der Waals surface area (Å²) in [7, 11) is 0. The SMILES string of the molecule is CCCC(=O)N1CCC[C@H](c2nc(COc3cccc(F)c3)no2)C1. The van der Waals surface area contributed by atoms with Crippen LogP contribution >= 0.6 is 0 Å². The Hall–Kier alpha value is -2.44. The van der Waals surface area contributed by atoms with Crippen molar-refractivity contribution in [2.45, 2.75) is 45.1 Å². The van der Waals surface area contributed by atoms with Crippen LogP contribution in [0.25, 0.3) is 0 Å². The van der Waals surface area contributed by atoms with Gasteiger partial charge >= 0.3 is 0 Å². The van der Waals surface area contributed by atoms with E-state index in [0.29, 0.717) is 30.4 Å². The van der Waals surface area contributed by atoms with Gasteiger partial charge in [-0.1, -0.05) is 18.1 Å². The minimum Gasteiger partial charge on any atom is -0.485 e. The zero-order valence-electron chi connectivity index (χ0n) is 14.3. The zero-order valence-corrected chi connectivity index (χ0v) is 14.3. The molecule has 1 aromatic heterocycles. The Balaban J connectivity index is 1.58. The van der Waals surface area contributed by atoms with Gasteiger partial charge in [-0.25, -0.2) is 4.39 Å². The van der Waals surface area contributed by atoms with E-state index in [4.69, 9.17) is 9.26 Å². The summed E-state index contributed by atoms with van der Waals surface area (Å²) in [4.78, 5) is 18.3. The van der Waals surface area contributed by atoms with Gasteiger partial charge in [-0.3, -0.25) is 4.79 Å². The summed E-state index contributed by atoms with van der Waals surface area (Å²) in [6, 6.07) is 5.91. The summed E-state index contributed by atoms with van der Waals surface area (Å²) in [5, 5.41) is 3.93. The van der Waals surface area contributed by atoms with Gasteiger partial charge in [0, 0.05) is 25.6 Å². The Labute approximate surface area is 146 Å². The number of carbonyl (C=O) groups is 1. The molecule has 1 atom stereocenters. The van der Waals surface area contributed by atoms with Crippen LogP contribution in [0.4, 0.5) is 4.39 Å². The average Bonchev–Trinajstić information content (AvgIpc) is 3.09. The smallest absolute Gasteiger partial charge is 0.231 e. The van der Waals surface area contributed by atoms with Crippen LogP contribution in [-0.4, -0.2) is 34.0 Å². The summed E-state index contributed by atoms with van der Waals surface area (Å²) < 4.78 is 24.0. The van der Waals surface area contributed by atoms with Crippen molar-refractivity contribution in [3.05, 3.63) is 41.8 Å². The second-order valence-electron chi connectivity index (χ2n) is 6.22. The number of hydrogen-bond acceptors (Lipinski definition) is 5. The Morgan fingerprint density at radius 3 is 3.16 bits per heavy atom. The van der Waals surface area contributed by atoms with Crippen molar-refractivity contribution in [1.82, 2.24) is 15.0 Å². The van der Waals surface area contributed by atoms with Gasteiger partial charge in [-0.2, -0.15) is 4.98 Å². The molecule has 0 unspecified atom stereocenters. The van der Waals surface area contributed by atoms with Crippen LogP contribution in [-0.2, 0) is 11.4 Å². The molecule has 1 aliphatic heterocycles. The van der Waals surface area contributed by atoms with Crippen molar-refractivity contribution in [2.75, 3.05) is 13.1 Å². The lowest BCUT2D eigenvalue weighted by Crippen LogP contribution is -2.39. The molecule has 3 rings (SSSR count). The highest BCUT2D eigenvalue weighted by atomic mass is 19.1. The number of aromatic nitrogens is 2. The van der Waals surface area contributed by atoms with Gasteiger partial charge in [0.2, 0.25) is 17.6 Å². The zero-order chi connectivity index (χ0) is 17.6. The van der Waals surface area contributed by atoms with Crippen LogP contribution in [0.3, 0.4) is 0 Å². The summed E-state index contributed by atoms with van der Waals surface area (Å²) in [6.45, 7) is 3.52. The molecule has 0 spiro atoms. The van der Waals surface area contributed by atoms with Crippen LogP contribution in [0.5, 0.6) is 5.75 Å². The third-order valence-electron chi connectivity index (χ3n) is 4.24. The molecule has 0 N–H and O–H groups in total. The fraction of sp³-hybridized carbons (Fsp3) is 0.500. The van der Waals surface area contributed by atoms with Crippen molar-refractivity contribution in [3.8, 4) is 5.75 Å². The van der Waals surface area contributed by atoms with E-state index in [9.17, 15) is 9.18 Å². The lowest BCUT2D eigenvalue weighted by Gasteiger charge is -2.31. The molecule has 1 saturated heterocycles. The Morgan fingerprint density at radius 1 is 1.48 bits per heavy atom. The van der Waals surface area contributed by atoms with Crippen LogP contribution in [0.2, 0.25) is 0 Å². The normalized spacial score (nSPS) is 17.5. The van der Waals surface area contributed by atoms with Crippen molar-refractivity contribution in [3.63, 3.8) is 0 Å². The quantitative estimate of drug-likeness (QED) is 0.802. The van der Waals surface area contributed by atoms with Gasteiger partial charge in [0.05, 0.1) is 5.92 Å². The van der Waals surface area contributed by atoms with Gasteiger partial charge in [-0.15, -0.1) is 0 Å². The number of amides is 1. The lowest BCUT2D eigenvalue weighted by molar-refractivity contribution is -0.132. The van der Waals surface area contributed by atoms with Gasteiger partial charge in [0.25, 0.3) is 0 Å². The van der Waals surface area contributed by atoms with Crippen LogP contribution < -0.4 is 4.74 Å². The summed E-state index contributed by atoms with van der Waals surface area (Å²) in [5.74, 6) is 1.25. The number of ether oxygens (including phenoxy) is 1. The van der Waals surface area contributed by atoms with E-state index in [1.807, 2.05) is 11.8 Å². The molecule has 0 aliphatic carbocycles. The van der Waals surface area contributed by atoms with Crippen LogP contribution in [0, 0.1) is 5.82 Å². The van der Waals surface area contributed by atoms with E-state index in [1.165, 1.54) is 12.1 Å². The monoisotopic (exact) mass is 347 g/mol. The van der Waals surface area contributed by atoms with Crippen molar-refractivity contribution in [1.29, 1.82) is 0 Å². The summed E-state index contributed by atoms with van der Waals surface area (Å²) in [6.07, 6.45) is 3.27. The standard InChI is InChI=1S/C18H22FN3O3/c1-2-5-17(23)22-9-4-6-13(11-22)18-20-16(21-25-18)12-24-15-8-3-7-14(19)10-15/h3,7-8,10,13H,2,4-6,9,11-12H2,1H3/t13-/m0/s1. The molecular weight excluding hydrogens is 325 g/mol. The third-order valence-corrected chi connectivity index (χ3v) is 4.24. The predicted molar refractivity (Wildman–Crippen MR) is 88.5 cm³/mol. The maximum Gasteiger partial charge on any atom is 0.231 e. The lowest BCUT2D eigenvalue weighted by atomic mass is 9.97. The Kier molecular flexibility index (Phi) is 5.63. The Morgan fingerprint density at radius 2 is 2.36 bits per heavy atom. The first kappa shape index (κ1) is 17.4. The maximum absolute atomic E-state index is 13.1. The highest BCUT2D eigenvalue weighted by Crippen LogP contribution is 2.26. The molecule has 0 bridgehead atoms. The first-order valence-electron chi connectivity index (χ1n) is 8.64. The van der Waals surface area contributed by atoms with E-state index < -0.39 is 0 Å². The molecule has 2 heterocycles. The average molecular weight is 347 g/mol. The predicted octanol–water partition coefficient (Wildman–Crippen LogP) is 3.29. The second kappa shape index (κ2) is 8.09. The molecule has 134 valence electrons. The molecule has 2 aromatic rings. The van der Waals surface area contributed by atoms with Crippen molar-refractivity contribution >= 4 is 5.91 Å². The van der Waals surface area contributed by atoms with Crippen LogP contribution in [0.15, 0.2) is 28.8 Å². The van der Waals surface area contributed by atoms with Gasteiger partial charge in [0.15, 0.2) is 6.61 Å². The summed E-state index contributed by atoms with van der Waals surface area (Å²) in [5.41, 5.74) is 0. The number of benzene rings is 1. The van der Waals surface area contributed by atoms with E-state index in [1.54, 1.807) is 12.1 Å². The molecule has 0 saturated carbocycles. The molecular formula is C18H22FN3O3. The molecule has 25 heavy (non-hydrogen) atoms. The van der Waals surface area contributed by atoms with Crippen LogP contribution in [0.1, 0.15) is 50.2 Å². The van der Waals surface area contributed by atoms with E-state index in [-0.39, 0.29) is 24.2 Å². The number of carbonyl (C=O) groups excluding carboxylic acids is 1. The minimum absolute atomic E-state index is 0.0602. The highest BCUT2D eigenvalue weighted by molar-refractivity contribution is 5.76. The molecule has 1 fully saturated rings. The van der Waals surface area contributed by atoms with Crippen molar-refractivity contribution in [2.24, 2.45) is 0 Å². The number of nitrogens with zero attached hydrogens (tertiary/aromatic N) is 3. The largest absolute Gasteiger partial charge is 0.485 e. The fourth-order valence-corrected chi connectivity index (χ4v) is 2.97. The molecule has 7 heteroatoms. The minimum atomic E-state index is -0.356. The molecule has 0 radical (unpaired) electrons. The van der Waals surface area contributed by atoms with E-state index >= 15 is 0 Å². The summed E-state index contributed by atoms with van der Waals surface area (Å²) >= 11 is 0. The van der Waals surface area contributed by atoms with Gasteiger partial charge in [0.1, 0.15) is 11.6 Å². The second-order valence-corrected chi connectivity index (χ2v) is 6.22. The van der Waals surface area contributed by atoms with Gasteiger partial charge in [-0.05, 0) is 31.4 Å². The first-order chi connectivity index (χ1) is 12.2. The number of likely N-dealkylation sites (tertiary alicyclic amines) is 1. The molecule has 1 amide bonds. The number of piperidine rings is 1. The number of rotatable bonds is 6. The van der Waals surface area contributed by atoms with E-state index in [2.05, 4.69) is 10.1 Å². The van der Waals surface area contributed by atoms with Gasteiger partial charge < -0.3 is 14.2 Å².